The smallest absolute Gasteiger partial charge is 0.240 e. The second kappa shape index (κ2) is 7.77. The zero-order valence-corrected chi connectivity index (χ0v) is 13.9. The van der Waals surface area contributed by atoms with Crippen molar-refractivity contribution in [3.8, 4) is 5.75 Å². The Morgan fingerprint density at radius 3 is 2.48 bits per heavy atom. The molecule has 0 aliphatic rings. The number of aliphatic hydroxyl groups excluding tert-OH is 1. The maximum Gasteiger partial charge on any atom is 0.240 e. The third-order valence-corrected chi connectivity index (χ3v) is 4.87. The van der Waals surface area contributed by atoms with Crippen LogP contribution in [0.1, 0.15) is 39.7 Å². The van der Waals surface area contributed by atoms with Gasteiger partial charge in [0.05, 0.1) is 18.1 Å². The van der Waals surface area contributed by atoms with Crippen molar-refractivity contribution >= 4 is 10.0 Å². The Bertz CT molecular complexity index is 555. The van der Waals surface area contributed by atoms with Crippen molar-refractivity contribution in [1.29, 1.82) is 0 Å². The number of ether oxygens (including phenoxy) is 1. The number of aliphatic hydroxyl groups is 1. The first-order chi connectivity index (χ1) is 9.81. The molecule has 1 aromatic carbocycles. The van der Waals surface area contributed by atoms with Gasteiger partial charge in [-0.3, -0.25) is 0 Å². The van der Waals surface area contributed by atoms with Crippen molar-refractivity contribution in [3.05, 3.63) is 23.8 Å². The summed E-state index contributed by atoms with van der Waals surface area (Å²) in [5.41, 5.74) is 0.475. The van der Waals surface area contributed by atoms with Gasteiger partial charge in [-0.15, -0.1) is 0 Å². The molecule has 1 unspecified atom stereocenters. The van der Waals surface area contributed by atoms with Gasteiger partial charge >= 0.3 is 0 Å². The lowest BCUT2D eigenvalue weighted by molar-refractivity contribution is 0.262. The Kier molecular flexibility index (Phi) is 6.64. The van der Waals surface area contributed by atoms with E-state index >= 15 is 0 Å². The van der Waals surface area contributed by atoms with Crippen molar-refractivity contribution in [3.63, 3.8) is 0 Å². The highest BCUT2D eigenvalue weighted by Crippen LogP contribution is 2.23. The topological polar surface area (TPSA) is 75.6 Å². The predicted octanol–water partition coefficient (Wildman–Crippen LogP) is 2.29. The third-order valence-electron chi connectivity index (χ3n) is 3.32. The molecule has 0 aliphatic heterocycles. The summed E-state index contributed by atoms with van der Waals surface area (Å²) in [4.78, 5) is 0.142. The van der Waals surface area contributed by atoms with E-state index < -0.39 is 10.0 Å². The van der Waals surface area contributed by atoms with E-state index in [2.05, 4.69) is 4.72 Å². The molecule has 2 N–H and O–H groups in total. The van der Waals surface area contributed by atoms with E-state index in [0.29, 0.717) is 17.9 Å². The standard InChI is InChI=1S/C15H25NO4S/c1-5-8-20-15-7-6-14(9-13(15)10-17)21(18,19)16-12(4)11(2)3/h6-7,9,11-12,16-17H,5,8,10H2,1-4H3. The molecule has 0 aliphatic carbocycles. The van der Waals surface area contributed by atoms with Crippen LogP contribution < -0.4 is 9.46 Å². The highest BCUT2D eigenvalue weighted by Gasteiger charge is 2.20. The average Bonchev–Trinajstić information content (AvgIpc) is 2.44. The largest absolute Gasteiger partial charge is 0.493 e. The minimum Gasteiger partial charge on any atom is -0.493 e. The van der Waals surface area contributed by atoms with Crippen LogP contribution in [0.15, 0.2) is 23.1 Å². The molecule has 0 radical (unpaired) electrons. The molecule has 6 heteroatoms. The van der Waals surface area contributed by atoms with Gasteiger partial charge in [0.15, 0.2) is 0 Å². The Morgan fingerprint density at radius 2 is 1.95 bits per heavy atom. The van der Waals surface area contributed by atoms with Gasteiger partial charge < -0.3 is 9.84 Å². The molecule has 0 fully saturated rings. The Morgan fingerprint density at radius 1 is 1.29 bits per heavy atom. The van der Waals surface area contributed by atoms with Crippen molar-refractivity contribution < 1.29 is 18.3 Å². The minimum absolute atomic E-state index is 0.142. The highest BCUT2D eigenvalue weighted by atomic mass is 32.2. The molecule has 0 bridgehead atoms. The van der Waals surface area contributed by atoms with E-state index in [9.17, 15) is 13.5 Å². The maximum atomic E-state index is 12.3. The number of hydrogen-bond donors (Lipinski definition) is 2. The Balaban J connectivity index is 3.03. The lowest BCUT2D eigenvalue weighted by atomic mass is 10.1. The van der Waals surface area contributed by atoms with Crippen LogP contribution in [0.5, 0.6) is 5.75 Å². The quantitative estimate of drug-likeness (QED) is 0.772. The van der Waals surface area contributed by atoms with Crippen LogP contribution in [0, 0.1) is 5.92 Å². The Hall–Kier alpha value is -1.11. The van der Waals surface area contributed by atoms with Crippen LogP contribution in [0.25, 0.3) is 0 Å². The fraction of sp³-hybridized carbons (Fsp3) is 0.600. The number of nitrogens with one attached hydrogen (secondary N) is 1. The summed E-state index contributed by atoms with van der Waals surface area (Å²) in [6, 6.07) is 4.39. The van der Waals surface area contributed by atoms with Crippen molar-refractivity contribution in [2.75, 3.05) is 6.61 Å². The summed E-state index contributed by atoms with van der Waals surface area (Å²) in [6.45, 7) is 7.98. The summed E-state index contributed by atoms with van der Waals surface area (Å²) in [6.07, 6.45) is 0.846. The third kappa shape index (κ3) is 4.98. The zero-order valence-electron chi connectivity index (χ0n) is 13.1. The Labute approximate surface area is 127 Å². The highest BCUT2D eigenvalue weighted by molar-refractivity contribution is 7.89. The van der Waals surface area contributed by atoms with E-state index in [1.807, 2.05) is 27.7 Å². The van der Waals surface area contributed by atoms with E-state index in [0.717, 1.165) is 6.42 Å². The van der Waals surface area contributed by atoms with Gasteiger partial charge in [0.25, 0.3) is 0 Å². The molecule has 1 rings (SSSR count). The maximum absolute atomic E-state index is 12.3. The van der Waals surface area contributed by atoms with Crippen molar-refractivity contribution in [1.82, 2.24) is 4.72 Å². The molecule has 5 nitrogen and oxygen atoms in total. The molecule has 1 aromatic rings. The van der Waals surface area contributed by atoms with Crippen LogP contribution >= 0.6 is 0 Å². The van der Waals surface area contributed by atoms with Gasteiger partial charge in [-0.1, -0.05) is 20.8 Å². The van der Waals surface area contributed by atoms with Crippen LogP contribution in [-0.2, 0) is 16.6 Å². The van der Waals surface area contributed by atoms with Gasteiger partial charge in [-0.05, 0) is 37.5 Å². The fourth-order valence-corrected chi connectivity index (χ4v) is 3.09. The van der Waals surface area contributed by atoms with Crippen LogP contribution in [-0.4, -0.2) is 26.2 Å². The number of sulfonamides is 1. The first-order valence-corrected chi connectivity index (χ1v) is 8.69. The molecule has 0 heterocycles. The molecule has 0 spiro atoms. The van der Waals surface area contributed by atoms with Crippen LogP contribution in [0.2, 0.25) is 0 Å². The summed E-state index contributed by atoms with van der Waals surface area (Å²) < 4.78 is 32.7. The number of hydrogen-bond acceptors (Lipinski definition) is 4. The van der Waals surface area contributed by atoms with E-state index in [1.54, 1.807) is 6.07 Å². The lowest BCUT2D eigenvalue weighted by Crippen LogP contribution is -2.36. The first kappa shape index (κ1) is 17.9. The van der Waals surface area contributed by atoms with Crippen LogP contribution in [0.3, 0.4) is 0 Å². The fourth-order valence-electron chi connectivity index (χ4n) is 1.65. The molecule has 21 heavy (non-hydrogen) atoms. The van der Waals surface area contributed by atoms with Crippen LogP contribution in [0.4, 0.5) is 0 Å². The summed E-state index contributed by atoms with van der Waals surface area (Å²) in [7, 11) is -3.59. The summed E-state index contributed by atoms with van der Waals surface area (Å²) in [5, 5.41) is 9.38. The molecular formula is C15H25NO4S. The normalized spacial score (nSPS) is 13.4. The van der Waals surface area contributed by atoms with Gasteiger partial charge in [-0.25, -0.2) is 13.1 Å². The van der Waals surface area contributed by atoms with E-state index in [1.165, 1.54) is 12.1 Å². The monoisotopic (exact) mass is 315 g/mol. The average molecular weight is 315 g/mol. The first-order valence-electron chi connectivity index (χ1n) is 7.20. The molecule has 0 saturated carbocycles. The van der Waals surface area contributed by atoms with Crippen molar-refractivity contribution in [2.24, 2.45) is 5.92 Å². The van der Waals surface area contributed by atoms with Gasteiger partial charge in [-0.2, -0.15) is 0 Å². The molecule has 120 valence electrons. The molecule has 0 saturated heterocycles. The van der Waals surface area contributed by atoms with E-state index in [-0.39, 0.29) is 23.5 Å². The lowest BCUT2D eigenvalue weighted by Gasteiger charge is -2.18. The van der Waals surface area contributed by atoms with Gasteiger partial charge in [0, 0.05) is 11.6 Å². The molecule has 0 aromatic heterocycles. The van der Waals surface area contributed by atoms with Gasteiger partial charge in [0.2, 0.25) is 10.0 Å². The number of benzene rings is 1. The number of rotatable bonds is 8. The van der Waals surface area contributed by atoms with E-state index in [4.69, 9.17) is 4.74 Å². The predicted molar refractivity (Wildman–Crippen MR) is 82.8 cm³/mol. The molecule has 0 amide bonds. The molecule has 1 atom stereocenters. The minimum atomic E-state index is -3.59. The SMILES string of the molecule is CCCOc1ccc(S(=O)(=O)NC(C)C(C)C)cc1CO. The summed E-state index contributed by atoms with van der Waals surface area (Å²) >= 11 is 0. The second-order valence-corrected chi connectivity index (χ2v) is 7.14. The van der Waals surface area contributed by atoms with Crippen molar-refractivity contribution in [2.45, 2.75) is 51.7 Å². The molecular weight excluding hydrogens is 290 g/mol. The zero-order chi connectivity index (χ0) is 16.0. The summed E-state index contributed by atoms with van der Waals surface area (Å²) in [5.74, 6) is 0.722. The van der Waals surface area contributed by atoms with Gasteiger partial charge in [0.1, 0.15) is 5.75 Å². The second-order valence-electron chi connectivity index (χ2n) is 5.43.